The van der Waals surface area contributed by atoms with Gasteiger partial charge in [0, 0.05) is 47.7 Å². The molecule has 0 aromatic heterocycles. The molecule has 0 unspecified atom stereocenters. The lowest BCUT2D eigenvalue weighted by molar-refractivity contribution is 0.129. The molecular formula is C32H45N5. The minimum atomic E-state index is 0.117. The summed E-state index contributed by atoms with van der Waals surface area (Å²) < 4.78 is 0. The summed E-state index contributed by atoms with van der Waals surface area (Å²) in [5.74, 6) is 0.577. The molecule has 1 aromatic rings. The number of piperidine rings is 1. The highest BCUT2D eigenvalue weighted by Crippen LogP contribution is 2.36. The lowest BCUT2D eigenvalue weighted by Crippen LogP contribution is -2.57. The number of benzene rings is 1. The average molecular weight is 500 g/mol. The molecule has 198 valence electrons. The van der Waals surface area contributed by atoms with Gasteiger partial charge in [0.2, 0.25) is 0 Å². The number of hydrogen-bond donors (Lipinski definition) is 3. The average Bonchev–Trinajstić information content (AvgIpc) is 2.83. The summed E-state index contributed by atoms with van der Waals surface area (Å²) in [6, 6.07) is 8.59. The maximum absolute atomic E-state index is 9.92. The fraction of sp³-hybridized carbons (Fsp3) is 0.531. The number of nitrogens with one attached hydrogen (secondary N) is 3. The molecule has 0 radical (unpaired) electrons. The second-order valence-corrected chi connectivity index (χ2v) is 12.1. The third kappa shape index (κ3) is 8.27. The summed E-state index contributed by atoms with van der Waals surface area (Å²) in [6.45, 7) is 13.4. The van der Waals surface area contributed by atoms with Crippen molar-refractivity contribution in [3.05, 3.63) is 65.4 Å². The Bertz CT molecular complexity index is 1090. The molecule has 1 aromatic carbocycles. The van der Waals surface area contributed by atoms with Crippen molar-refractivity contribution in [1.29, 1.82) is 10.7 Å². The van der Waals surface area contributed by atoms with Gasteiger partial charge >= 0.3 is 0 Å². The van der Waals surface area contributed by atoms with Crippen molar-refractivity contribution >= 4 is 17.5 Å². The van der Waals surface area contributed by atoms with Gasteiger partial charge in [0.25, 0.3) is 0 Å². The number of aliphatic imine (C=N–C) groups is 1. The Kier molecular flexibility index (Phi) is 9.68. The molecule has 3 rings (SSSR count). The monoisotopic (exact) mass is 499 g/mol. The van der Waals surface area contributed by atoms with Crippen LogP contribution in [0.25, 0.3) is 5.57 Å². The normalized spacial score (nSPS) is 21.0. The van der Waals surface area contributed by atoms with Crippen LogP contribution >= 0.6 is 0 Å². The zero-order valence-electron chi connectivity index (χ0n) is 23.5. The molecule has 5 heteroatoms. The fourth-order valence-corrected chi connectivity index (χ4v) is 6.32. The summed E-state index contributed by atoms with van der Waals surface area (Å²) in [7, 11) is 1.76. The summed E-state index contributed by atoms with van der Waals surface area (Å²) >= 11 is 0. The Balaban J connectivity index is 1.72. The molecule has 1 heterocycles. The SMILES string of the molecule is C=C(/C=C\C(=N/C)c1ccc(/C(C=N)=C/NC2CCCCC2)cc1C#N)CC1CC(C)(C)NC(C)(C)C1. The number of nitrogens with zero attached hydrogens (tertiary/aromatic N) is 2. The van der Waals surface area contributed by atoms with Crippen LogP contribution in [0.1, 0.15) is 95.8 Å². The van der Waals surface area contributed by atoms with Crippen LogP contribution in [-0.2, 0) is 0 Å². The molecule has 5 nitrogen and oxygen atoms in total. The van der Waals surface area contributed by atoms with Crippen LogP contribution < -0.4 is 10.6 Å². The van der Waals surface area contributed by atoms with Gasteiger partial charge in [-0.2, -0.15) is 5.26 Å². The van der Waals surface area contributed by atoms with Crippen molar-refractivity contribution in [2.75, 3.05) is 7.05 Å². The molecule has 0 spiro atoms. The smallest absolute Gasteiger partial charge is 0.0998 e. The zero-order valence-corrected chi connectivity index (χ0v) is 23.5. The summed E-state index contributed by atoms with van der Waals surface area (Å²) in [4.78, 5) is 4.48. The van der Waals surface area contributed by atoms with Gasteiger partial charge in [-0.15, -0.1) is 0 Å². The molecule has 1 saturated heterocycles. The number of allylic oxidation sites excluding steroid dienone is 4. The van der Waals surface area contributed by atoms with Crippen molar-refractivity contribution in [3.63, 3.8) is 0 Å². The molecular weight excluding hydrogens is 454 g/mol. The Morgan fingerprint density at radius 3 is 2.43 bits per heavy atom. The van der Waals surface area contributed by atoms with E-state index in [9.17, 15) is 5.26 Å². The van der Waals surface area contributed by atoms with E-state index in [1.807, 2.05) is 30.5 Å². The van der Waals surface area contributed by atoms with E-state index < -0.39 is 0 Å². The lowest BCUT2D eigenvalue weighted by atomic mass is 9.74. The Labute approximate surface area is 224 Å². The van der Waals surface area contributed by atoms with E-state index in [4.69, 9.17) is 5.41 Å². The molecule has 2 aliphatic rings. The van der Waals surface area contributed by atoms with E-state index in [0.29, 0.717) is 17.5 Å². The summed E-state index contributed by atoms with van der Waals surface area (Å²) in [5.41, 5.74) is 5.07. The van der Waals surface area contributed by atoms with Gasteiger partial charge in [-0.3, -0.25) is 4.99 Å². The van der Waals surface area contributed by atoms with Crippen LogP contribution in [0.5, 0.6) is 0 Å². The first-order valence-electron chi connectivity index (χ1n) is 13.7. The van der Waals surface area contributed by atoms with Crippen LogP contribution in [0.2, 0.25) is 0 Å². The molecule has 37 heavy (non-hydrogen) atoms. The van der Waals surface area contributed by atoms with Crippen molar-refractivity contribution < 1.29 is 0 Å². The maximum atomic E-state index is 9.92. The second kappa shape index (κ2) is 12.5. The van der Waals surface area contributed by atoms with Crippen molar-refractivity contribution in [1.82, 2.24) is 10.6 Å². The molecule has 1 aliphatic heterocycles. The topological polar surface area (TPSA) is 84.1 Å². The predicted molar refractivity (Wildman–Crippen MR) is 157 cm³/mol. The van der Waals surface area contributed by atoms with Crippen molar-refractivity contribution in [2.24, 2.45) is 10.9 Å². The highest BCUT2D eigenvalue weighted by Gasteiger charge is 2.37. The maximum Gasteiger partial charge on any atom is 0.0998 e. The Morgan fingerprint density at radius 1 is 1.16 bits per heavy atom. The van der Waals surface area contributed by atoms with Crippen LogP contribution in [0, 0.1) is 22.7 Å². The standard InChI is InChI=1S/C32H45N5/c1-23(16-24-18-31(2,3)37-32(4,5)19-24)12-15-30(35-6)29-14-13-25(17-26(29)20-33)27(21-34)22-36-28-10-8-7-9-11-28/h12-15,17,21-22,24,28,34,36-37H,1,7-11,16,18-19H2,2-6H3/b15-12-,27-22+,34-21?,35-30+. The highest BCUT2D eigenvalue weighted by molar-refractivity contribution is 6.12. The van der Waals surface area contributed by atoms with Gasteiger partial charge in [0.1, 0.15) is 0 Å². The van der Waals surface area contributed by atoms with Gasteiger partial charge in [0.05, 0.1) is 17.3 Å². The Hall–Kier alpha value is -2.97. The number of rotatable bonds is 9. The van der Waals surface area contributed by atoms with Crippen LogP contribution in [-0.4, -0.2) is 36.1 Å². The fourth-order valence-electron chi connectivity index (χ4n) is 6.32. The van der Waals surface area contributed by atoms with Crippen LogP contribution in [0.4, 0.5) is 0 Å². The van der Waals surface area contributed by atoms with E-state index in [0.717, 1.165) is 47.2 Å². The second-order valence-electron chi connectivity index (χ2n) is 12.1. The molecule has 0 atom stereocenters. The quantitative estimate of drug-likeness (QED) is 0.254. The molecule has 2 fully saturated rings. The first-order valence-corrected chi connectivity index (χ1v) is 13.7. The van der Waals surface area contributed by atoms with Crippen molar-refractivity contribution in [3.8, 4) is 6.07 Å². The van der Waals surface area contributed by atoms with Gasteiger partial charge in [-0.05, 0) is 83.4 Å². The number of hydrogen-bond acceptors (Lipinski definition) is 5. The molecule has 3 N–H and O–H groups in total. The lowest BCUT2D eigenvalue weighted by Gasteiger charge is -2.46. The summed E-state index contributed by atoms with van der Waals surface area (Å²) in [5, 5.41) is 25.1. The van der Waals surface area contributed by atoms with Gasteiger partial charge < -0.3 is 16.0 Å². The van der Waals surface area contributed by atoms with E-state index in [2.05, 4.69) is 62.0 Å². The minimum absolute atomic E-state index is 0.117. The van der Waals surface area contributed by atoms with Crippen molar-refractivity contribution in [2.45, 2.75) is 96.2 Å². The first kappa shape index (κ1) is 28.6. The highest BCUT2D eigenvalue weighted by atomic mass is 15.0. The van der Waals surface area contributed by atoms with E-state index in [-0.39, 0.29) is 11.1 Å². The van der Waals surface area contributed by atoms with E-state index in [1.54, 1.807) is 7.05 Å². The van der Waals surface area contributed by atoms with Gasteiger partial charge in [-0.25, -0.2) is 0 Å². The van der Waals surface area contributed by atoms with Crippen LogP contribution in [0.3, 0.4) is 0 Å². The molecule has 0 bridgehead atoms. The van der Waals surface area contributed by atoms with E-state index in [1.165, 1.54) is 38.3 Å². The number of nitriles is 1. The Morgan fingerprint density at radius 2 is 1.84 bits per heavy atom. The summed E-state index contributed by atoms with van der Waals surface area (Å²) in [6.07, 6.45) is 16.7. The van der Waals surface area contributed by atoms with Crippen LogP contribution in [0.15, 0.2) is 53.7 Å². The van der Waals surface area contributed by atoms with E-state index >= 15 is 0 Å². The zero-order chi connectivity index (χ0) is 27.1. The molecule has 1 saturated carbocycles. The largest absolute Gasteiger partial charge is 0.388 e. The third-order valence-corrected chi connectivity index (χ3v) is 7.53. The minimum Gasteiger partial charge on any atom is -0.388 e. The van der Waals surface area contributed by atoms with Gasteiger partial charge in [0.15, 0.2) is 0 Å². The molecule has 1 aliphatic carbocycles. The first-order chi connectivity index (χ1) is 17.6. The third-order valence-electron chi connectivity index (χ3n) is 7.53. The predicted octanol–water partition coefficient (Wildman–Crippen LogP) is 6.95. The molecule has 0 amide bonds. The van der Waals surface area contributed by atoms with Gasteiger partial charge in [-0.1, -0.05) is 49.6 Å².